The first-order valence-corrected chi connectivity index (χ1v) is 7.42. The Morgan fingerprint density at radius 1 is 1.19 bits per heavy atom. The van der Waals surface area contributed by atoms with Crippen LogP contribution in [0.25, 0.3) is 10.9 Å². The molecule has 1 aromatic heterocycles. The highest BCUT2D eigenvalue weighted by atomic mass is 19.4. The molecule has 1 heterocycles. The second-order valence-electron chi connectivity index (χ2n) is 5.39. The third-order valence-corrected chi connectivity index (χ3v) is 3.76. The lowest BCUT2D eigenvalue weighted by Crippen LogP contribution is -2.24. The molecule has 134 valence electrons. The number of alkyl halides is 3. The number of para-hydroxylation sites is 1. The van der Waals surface area contributed by atoms with Gasteiger partial charge in [-0.25, -0.2) is 0 Å². The van der Waals surface area contributed by atoms with Crippen LogP contribution in [0.4, 0.5) is 24.5 Å². The van der Waals surface area contributed by atoms with Gasteiger partial charge in [-0.05, 0) is 18.2 Å². The molecule has 0 aliphatic heterocycles. The van der Waals surface area contributed by atoms with Gasteiger partial charge in [0, 0.05) is 28.9 Å². The molecule has 2 aromatic carbocycles. The number of nitrogens with zero attached hydrogens (tertiary/aromatic N) is 1. The van der Waals surface area contributed by atoms with E-state index in [1.807, 2.05) is 0 Å². The van der Waals surface area contributed by atoms with E-state index in [0.29, 0.717) is 11.4 Å². The van der Waals surface area contributed by atoms with Crippen LogP contribution in [0.1, 0.15) is 15.9 Å². The Morgan fingerprint density at radius 3 is 2.58 bits per heavy atom. The number of halogens is 3. The van der Waals surface area contributed by atoms with Crippen LogP contribution >= 0.6 is 0 Å². The highest BCUT2D eigenvalue weighted by Gasteiger charge is 2.33. The molecular formula is C18H12F3N2O3-. The van der Waals surface area contributed by atoms with E-state index >= 15 is 0 Å². The van der Waals surface area contributed by atoms with Gasteiger partial charge in [0.2, 0.25) is 0 Å². The Bertz CT molecular complexity index is 987. The molecule has 0 fully saturated rings. The molecule has 0 aliphatic rings. The fourth-order valence-corrected chi connectivity index (χ4v) is 2.59. The number of methoxy groups -OCH3 is 1. The monoisotopic (exact) mass is 361 g/mol. The van der Waals surface area contributed by atoms with Gasteiger partial charge < -0.3 is 20.0 Å². The van der Waals surface area contributed by atoms with E-state index in [4.69, 9.17) is 4.74 Å². The lowest BCUT2D eigenvalue weighted by molar-refractivity contribution is -0.254. The summed E-state index contributed by atoms with van der Waals surface area (Å²) in [6.45, 7) is 0. The molecule has 0 aliphatic carbocycles. The van der Waals surface area contributed by atoms with Crippen LogP contribution in [0.3, 0.4) is 0 Å². The van der Waals surface area contributed by atoms with Gasteiger partial charge in [0.15, 0.2) is 0 Å². The van der Waals surface area contributed by atoms with Gasteiger partial charge in [-0.3, -0.25) is 4.98 Å². The number of aromatic nitrogens is 1. The van der Waals surface area contributed by atoms with Crippen molar-refractivity contribution in [2.24, 2.45) is 0 Å². The topological polar surface area (TPSA) is 74.3 Å². The Hall–Kier alpha value is -3.29. The maximum atomic E-state index is 13.2. The summed E-state index contributed by atoms with van der Waals surface area (Å²) in [4.78, 5) is 15.1. The number of carboxylic acids is 1. The summed E-state index contributed by atoms with van der Waals surface area (Å²) in [7, 11) is 1.46. The molecule has 0 atom stereocenters. The van der Waals surface area contributed by atoms with Crippen molar-refractivity contribution in [2.45, 2.75) is 6.18 Å². The van der Waals surface area contributed by atoms with Crippen LogP contribution in [0.15, 0.2) is 48.7 Å². The van der Waals surface area contributed by atoms with Crippen LogP contribution in [0, 0.1) is 0 Å². The number of pyridine rings is 1. The standard InChI is InChI=1S/C18H13F3N2O3/c1-26-11-5-2-4-10(8-11)23-15-12-6-3-7-14(18(19,20)21)16(12)22-9-13(15)17(24)25/h2-9H,1H3,(H,22,23)(H,24,25)/p-1. The Balaban J connectivity index is 2.23. The summed E-state index contributed by atoms with van der Waals surface area (Å²) in [5.74, 6) is -1.05. The zero-order valence-corrected chi connectivity index (χ0v) is 13.4. The van der Waals surface area contributed by atoms with Crippen molar-refractivity contribution in [3.8, 4) is 5.75 Å². The van der Waals surface area contributed by atoms with E-state index in [2.05, 4.69) is 10.3 Å². The summed E-state index contributed by atoms with van der Waals surface area (Å²) in [6, 6.07) is 10.0. The third kappa shape index (κ3) is 3.26. The number of carbonyl (C=O) groups excluding carboxylic acids is 1. The predicted octanol–water partition coefficient (Wildman–Crippen LogP) is 3.37. The van der Waals surface area contributed by atoms with Crippen molar-refractivity contribution < 1.29 is 27.8 Å². The van der Waals surface area contributed by atoms with E-state index in [-0.39, 0.29) is 22.2 Å². The second kappa shape index (κ2) is 6.55. The van der Waals surface area contributed by atoms with Crippen LogP contribution in [0.2, 0.25) is 0 Å². The average Bonchev–Trinajstić information content (AvgIpc) is 2.60. The van der Waals surface area contributed by atoms with Crippen molar-refractivity contribution in [1.29, 1.82) is 0 Å². The summed E-state index contributed by atoms with van der Waals surface area (Å²) >= 11 is 0. The number of carboxylic acid groups (broad SMARTS) is 1. The van der Waals surface area contributed by atoms with Crippen molar-refractivity contribution in [3.05, 3.63) is 59.8 Å². The lowest BCUT2D eigenvalue weighted by Gasteiger charge is -2.17. The van der Waals surface area contributed by atoms with Crippen LogP contribution in [-0.4, -0.2) is 18.1 Å². The molecule has 0 bridgehead atoms. The fraction of sp³-hybridized carbons (Fsp3) is 0.111. The van der Waals surface area contributed by atoms with Crippen molar-refractivity contribution in [1.82, 2.24) is 4.98 Å². The first kappa shape index (κ1) is 17.5. The third-order valence-electron chi connectivity index (χ3n) is 3.76. The van der Waals surface area contributed by atoms with Gasteiger partial charge >= 0.3 is 6.18 Å². The number of hydrogen-bond donors (Lipinski definition) is 1. The Kier molecular flexibility index (Phi) is 4.41. The van der Waals surface area contributed by atoms with Gasteiger partial charge in [-0.2, -0.15) is 13.2 Å². The van der Waals surface area contributed by atoms with Crippen molar-refractivity contribution >= 4 is 28.2 Å². The van der Waals surface area contributed by atoms with Crippen LogP contribution in [0.5, 0.6) is 5.75 Å². The van der Waals surface area contributed by atoms with E-state index < -0.39 is 17.7 Å². The minimum absolute atomic E-state index is 0.0179. The Morgan fingerprint density at radius 2 is 1.92 bits per heavy atom. The number of fused-ring (bicyclic) bond motifs is 1. The highest BCUT2D eigenvalue weighted by molar-refractivity contribution is 6.05. The highest BCUT2D eigenvalue weighted by Crippen LogP contribution is 2.37. The minimum atomic E-state index is -4.62. The molecular weight excluding hydrogens is 349 g/mol. The van der Waals surface area contributed by atoms with E-state index in [1.54, 1.807) is 24.3 Å². The van der Waals surface area contributed by atoms with E-state index in [1.165, 1.54) is 19.2 Å². The first-order valence-electron chi connectivity index (χ1n) is 7.42. The second-order valence-corrected chi connectivity index (χ2v) is 5.39. The fourth-order valence-electron chi connectivity index (χ4n) is 2.59. The summed E-state index contributed by atoms with van der Waals surface area (Å²) in [6.07, 6.45) is -3.77. The molecule has 0 saturated carbocycles. The number of rotatable bonds is 4. The SMILES string of the molecule is COc1cccc(Nc2c(C(=O)[O-])cnc3c(C(F)(F)F)cccc23)c1. The summed E-state index contributed by atoms with van der Waals surface area (Å²) < 4.78 is 44.8. The number of anilines is 2. The zero-order chi connectivity index (χ0) is 18.9. The molecule has 3 aromatic rings. The van der Waals surface area contributed by atoms with Crippen LogP contribution in [-0.2, 0) is 6.18 Å². The number of hydrogen-bond acceptors (Lipinski definition) is 5. The zero-order valence-electron chi connectivity index (χ0n) is 13.4. The van der Waals surface area contributed by atoms with Gasteiger partial charge in [-0.1, -0.05) is 18.2 Å². The first-order chi connectivity index (χ1) is 12.3. The number of aromatic carboxylic acids is 1. The molecule has 0 spiro atoms. The molecule has 0 unspecified atom stereocenters. The van der Waals surface area contributed by atoms with Crippen molar-refractivity contribution in [2.75, 3.05) is 12.4 Å². The van der Waals surface area contributed by atoms with Crippen molar-refractivity contribution in [3.63, 3.8) is 0 Å². The van der Waals surface area contributed by atoms with Gasteiger partial charge in [0.1, 0.15) is 5.75 Å². The molecule has 0 amide bonds. The quantitative estimate of drug-likeness (QED) is 0.771. The van der Waals surface area contributed by atoms with Crippen LogP contribution < -0.4 is 15.2 Å². The number of carbonyl (C=O) groups is 1. The van der Waals surface area contributed by atoms with E-state index in [0.717, 1.165) is 12.3 Å². The maximum Gasteiger partial charge on any atom is 0.418 e. The molecule has 0 saturated heterocycles. The average molecular weight is 361 g/mol. The van der Waals surface area contributed by atoms with E-state index in [9.17, 15) is 23.1 Å². The number of ether oxygens (including phenoxy) is 1. The molecule has 5 nitrogen and oxygen atoms in total. The van der Waals surface area contributed by atoms with Gasteiger partial charge in [0.25, 0.3) is 0 Å². The minimum Gasteiger partial charge on any atom is -0.545 e. The van der Waals surface area contributed by atoms with Gasteiger partial charge in [-0.15, -0.1) is 0 Å². The molecule has 26 heavy (non-hydrogen) atoms. The maximum absolute atomic E-state index is 13.2. The number of benzene rings is 2. The normalized spacial score (nSPS) is 11.4. The molecule has 3 rings (SSSR count). The predicted molar refractivity (Wildman–Crippen MR) is 87.4 cm³/mol. The lowest BCUT2D eigenvalue weighted by atomic mass is 10.0. The van der Waals surface area contributed by atoms with Gasteiger partial charge in [0.05, 0.1) is 29.8 Å². The summed E-state index contributed by atoms with van der Waals surface area (Å²) in [5.41, 5.74) is -1.24. The molecule has 0 radical (unpaired) electrons. The molecule has 1 N–H and O–H groups in total. The molecule has 8 heteroatoms. The number of nitrogens with one attached hydrogen (secondary N) is 1. The Labute approximate surface area is 146 Å². The smallest absolute Gasteiger partial charge is 0.418 e. The largest absolute Gasteiger partial charge is 0.545 e. The summed E-state index contributed by atoms with van der Waals surface area (Å²) in [5, 5.41) is 14.3.